The molecule has 2 aliphatic rings. The summed E-state index contributed by atoms with van der Waals surface area (Å²) in [6.45, 7) is 3.71. The normalized spacial score (nSPS) is 17.4. The molecule has 5 rings (SSSR count). The van der Waals surface area contributed by atoms with Crippen LogP contribution in [0.25, 0.3) is 10.2 Å². The number of amides is 1. The Morgan fingerprint density at radius 1 is 1.15 bits per heavy atom. The first-order valence-corrected chi connectivity index (χ1v) is 13.6. The first-order valence-electron chi connectivity index (χ1n) is 11.4. The molecule has 1 saturated heterocycles. The van der Waals surface area contributed by atoms with Crippen LogP contribution < -0.4 is 4.87 Å². The fourth-order valence-corrected chi connectivity index (χ4v) is 7.21. The summed E-state index contributed by atoms with van der Waals surface area (Å²) >= 11 is 1.07. The van der Waals surface area contributed by atoms with E-state index in [9.17, 15) is 18.0 Å². The molecule has 1 fully saturated rings. The zero-order valence-electron chi connectivity index (χ0n) is 18.5. The minimum Gasteiger partial charge on any atom is -0.335 e. The molecule has 0 radical (unpaired) electrons. The summed E-state index contributed by atoms with van der Waals surface area (Å²) in [7, 11) is -3.72. The molecular weight excluding hydrogens is 462 g/mol. The van der Waals surface area contributed by atoms with E-state index in [-0.39, 0.29) is 28.8 Å². The predicted molar refractivity (Wildman–Crippen MR) is 126 cm³/mol. The molecule has 0 spiro atoms. The van der Waals surface area contributed by atoms with Crippen LogP contribution in [0.3, 0.4) is 0 Å². The highest BCUT2D eigenvalue weighted by Gasteiger charge is 2.33. The van der Waals surface area contributed by atoms with Crippen molar-refractivity contribution in [2.24, 2.45) is 0 Å². The van der Waals surface area contributed by atoms with Crippen molar-refractivity contribution in [1.29, 1.82) is 0 Å². The molecule has 0 saturated carbocycles. The van der Waals surface area contributed by atoms with Gasteiger partial charge in [-0.15, -0.1) is 0 Å². The van der Waals surface area contributed by atoms with Crippen LogP contribution in [0.1, 0.15) is 47.9 Å². The summed E-state index contributed by atoms with van der Waals surface area (Å²) in [5.41, 5.74) is 3.32. The standard InChI is InChI=1S/C22H27N5O4S2/c1-2-9-27-18-8-7-15(14-19(18)32-22(27)29)33(30,31)26-12-10-25(11-13-26)21(28)20-16-5-3-4-6-17(16)23-24-20/h7-8,14H,2-6,9-13H2,1H3,(H,23,24). The van der Waals surface area contributed by atoms with Crippen LogP contribution in [0.15, 0.2) is 27.9 Å². The number of nitrogens with zero attached hydrogens (tertiary/aromatic N) is 4. The second-order valence-electron chi connectivity index (χ2n) is 8.58. The molecule has 1 amide bonds. The molecule has 2 aromatic heterocycles. The fraction of sp³-hybridized carbons (Fsp3) is 0.500. The number of hydrogen-bond acceptors (Lipinski definition) is 6. The monoisotopic (exact) mass is 489 g/mol. The maximum Gasteiger partial charge on any atom is 0.308 e. The van der Waals surface area contributed by atoms with Crippen molar-refractivity contribution in [3.63, 3.8) is 0 Å². The van der Waals surface area contributed by atoms with E-state index in [1.54, 1.807) is 27.7 Å². The average Bonchev–Trinajstić information content (AvgIpc) is 3.39. The van der Waals surface area contributed by atoms with Gasteiger partial charge in [-0.2, -0.15) is 9.40 Å². The number of H-pyrrole nitrogens is 1. The van der Waals surface area contributed by atoms with Gasteiger partial charge in [-0.05, 0) is 50.3 Å². The van der Waals surface area contributed by atoms with Gasteiger partial charge in [0.2, 0.25) is 10.0 Å². The predicted octanol–water partition coefficient (Wildman–Crippen LogP) is 2.22. The van der Waals surface area contributed by atoms with E-state index in [0.717, 1.165) is 60.2 Å². The second kappa shape index (κ2) is 8.69. The lowest BCUT2D eigenvalue weighted by atomic mass is 9.95. The van der Waals surface area contributed by atoms with E-state index in [4.69, 9.17) is 0 Å². The van der Waals surface area contributed by atoms with E-state index < -0.39 is 10.0 Å². The zero-order valence-corrected chi connectivity index (χ0v) is 20.2. The SMILES string of the molecule is CCCn1c(=O)sc2cc(S(=O)(=O)N3CCN(C(=O)c4n[nH]c5c4CCCC5)CC3)ccc21. The molecular formula is C22H27N5O4S2. The number of aryl methyl sites for hydroxylation is 2. The molecule has 176 valence electrons. The van der Waals surface area contributed by atoms with Crippen molar-refractivity contribution in [3.05, 3.63) is 44.8 Å². The quantitative estimate of drug-likeness (QED) is 0.591. The highest BCUT2D eigenvalue weighted by molar-refractivity contribution is 7.89. The fourth-order valence-electron chi connectivity index (χ4n) is 4.73. The minimum atomic E-state index is -3.72. The van der Waals surface area contributed by atoms with Crippen molar-refractivity contribution in [1.82, 2.24) is 24.0 Å². The maximum atomic E-state index is 13.3. The van der Waals surface area contributed by atoms with E-state index in [1.165, 1.54) is 4.31 Å². The Bertz CT molecular complexity index is 1360. The van der Waals surface area contributed by atoms with Crippen molar-refractivity contribution < 1.29 is 13.2 Å². The third-order valence-electron chi connectivity index (χ3n) is 6.51. The van der Waals surface area contributed by atoms with Crippen LogP contribution in [-0.4, -0.2) is 64.5 Å². The molecule has 1 N–H and O–H groups in total. The van der Waals surface area contributed by atoms with Gasteiger partial charge in [-0.25, -0.2) is 8.42 Å². The average molecular weight is 490 g/mol. The molecule has 1 aliphatic heterocycles. The Morgan fingerprint density at radius 2 is 1.91 bits per heavy atom. The zero-order chi connectivity index (χ0) is 23.2. The van der Waals surface area contributed by atoms with Crippen LogP contribution in [0, 0.1) is 0 Å². The van der Waals surface area contributed by atoms with Crippen molar-refractivity contribution in [3.8, 4) is 0 Å². The van der Waals surface area contributed by atoms with Gasteiger partial charge in [-0.1, -0.05) is 18.3 Å². The summed E-state index contributed by atoms with van der Waals surface area (Å²) in [5.74, 6) is -0.130. The number of benzene rings is 1. The summed E-state index contributed by atoms with van der Waals surface area (Å²) in [5, 5.41) is 7.27. The Morgan fingerprint density at radius 3 is 2.67 bits per heavy atom. The molecule has 0 bridgehead atoms. The molecule has 3 heterocycles. The topological polar surface area (TPSA) is 108 Å². The number of carbonyl (C=O) groups is 1. The second-order valence-corrected chi connectivity index (χ2v) is 11.5. The summed E-state index contributed by atoms with van der Waals surface area (Å²) in [6, 6.07) is 4.89. The van der Waals surface area contributed by atoms with Crippen LogP contribution in [-0.2, 0) is 29.4 Å². The smallest absolute Gasteiger partial charge is 0.308 e. The van der Waals surface area contributed by atoms with Crippen molar-refractivity contribution in [2.75, 3.05) is 26.2 Å². The van der Waals surface area contributed by atoms with Gasteiger partial charge < -0.3 is 4.90 Å². The lowest BCUT2D eigenvalue weighted by Gasteiger charge is -2.33. The Hall–Kier alpha value is -2.50. The molecule has 33 heavy (non-hydrogen) atoms. The number of rotatable bonds is 5. The molecule has 0 unspecified atom stereocenters. The molecule has 11 heteroatoms. The number of thiazole rings is 1. The van der Waals surface area contributed by atoms with Gasteiger partial charge in [0.05, 0.1) is 15.1 Å². The third-order valence-corrected chi connectivity index (χ3v) is 9.35. The van der Waals surface area contributed by atoms with E-state index in [0.29, 0.717) is 30.0 Å². The summed E-state index contributed by atoms with van der Waals surface area (Å²) in [4.78, 5) is 27.1. The van der Waals surface area contributed by atoms with Crippen molar-refractivity contribution >= 4 is 37.5 Å². The van der Waals surface area contributed by atoms with Crippen LogP contribution in [0.5, 0.6) is 0 Å². The molecule has 9 nitrogen and oxygen atoms in total. The first kappa shape index (κ1) is 22.3. The van der Waals surface area contributed by atoms with Gasteiger partial charge in [0.15, 0.2) is 5.69 Å². The van der Waals surface area contributed by atoms with Gasteiger partial charge in [0.1, 0.15) is 0 Å². The van der Waals surface area contributed by atoms with E-state index in [1.807, 2.05) is 6.92 Å². The number of piperazine rings is 1. The largest absolute Gasteiger partial charge is 0.335 e. The maximum absolute atomic E-state index is 13.3. The van der Waals surface area contributed by atoms with E-state index >= 15 is 0 Å². The lowest BCUT2D eigenvalue weighted by Crippen LogP contribution is -2.50. The van der Waals surface area contributed by atoms with Gasteiger partial charge in [-0.3, -0.25) is 19.3 Å². The minimum absolute atomic E-state index is 0.0749. The summed E-state index contributed by atoms with van der Waals surface area (Å²) < 4.78 is 30.3. The number of aromatic amines is 1. The van der Waals surface area contributed by atoms with Gasteiger partial charge in [0.25, 0.3) is 5.91 Å². The van der Waals surface area contributed by atoms with Crippen LogP contribution >= 0.6 is 11.3 Å². The van der Waals surface area contributed by atoms with Crippen LogP contribution in [0.4, 0.5) is 0 Å². The molecule has 1 aromatic carbocycles. The highest BCUT2D eigenvalue weighted by Crippen LogP contribution is 2.26. The number of hydrogen-bond donors (Lipinski definition) is 1. The van der Waals surface area contributed by atoms with Gasteiger partial charge >= 0.3 is 4.87 Å². The number of fused-ring (bicyclic) bond motifs is 2. The lowest BCUT2D eigenvalue weighted by molar-refractivity contribution is 0.0690. The highest BCUT2D eigenvalue weighted by atomic mass is 32.2. The number of carbonyl (C=O) groups excluding carboxylic acids is 1. The van der Waals surface area contributed by atoms with Crippen LogP contribution in [0.2, 0.25) is 0 Å². The molecule has 1 aliphatic carbocycles. The number of aromatic nitrogens is 3. The summed E-state index contributed by atoms with van der Waals surface area (Å²) in [6.07, 6.45) is 4.76. The first-order chi connectivity index (χ1) is 15.9. The Kier molecular flexibility index (Phi) is 5.87. The number of nitrogens with one attached hydrogen (secondary N) is 1. The Balaban J connectivity index is 1.32. The third kappa shape index (κ3) is 3.91. The molecule has 3 aromatic rings. The van der Waals surface area contributed by atoms with Gasteiger partial charge in [0, 0.05) is 44.0 Å². The van der Waals surface area contributed by atoms with Crippen molar-refractivity contribution in [2.45, 2.75) is 50.5 Å². The Labute approximate surface area is 196 Å². The van der Waals surface area contributed by atoms with E-state index in [2.05, 4.69) is 10.2 Å². The molecule has 0 atom stereocenters. The number of sulfonamides is 1.